The normalized spacial score (nSPS) is 15.0. The van der Waals surface area contributed by atoms with Crippen molar-refractivity contribution in [3.05, 3.63) is 64.7 Å². The summed E-state index contributed by atoms with van der Waals surface area (Å²) in [5.41, 5.74) is 2.62. The van der Waals surface area contributed by atoms with Gasteiger partial charge in [0.05, 0.1) is 0 Å². The van der Waals surface area contributed by atoms with E-state index >= 15 is 0 Å². The summed E-state index contributed by atoms with van der Waals surface area (Å²) in [5, 5.41) is 2.58. The Morgan fingerprint density at radius 3 is 2.41 bits per heavy atom. The Kier molecular flexibility index (Phi) is 2.86. The SMILES string of the molecule is Brc1cc2ccccc2cc1C1=CCCC=C1. The quantitative estimate of drug-likeness (QED) is 0.663. The van der Waals surface area contributed by atoms with Crippen LogP contribution in [-0.4, -0.2) is 0 Å². The smallest absolute Gasteiger partial charge is 0.0259 e. The number of hydrogen-bond acceptors (Lipinski definition) is 0. The molecule has 2 aromatic rings. The summed E-state index contributed by atoms with van der Waals surface area (Å²) in [6.07, 6.45) is 9.09. The van der Waals surface area contributed by atoms with E-state index in [9.17, 15) is 0 Å². The number of benzene rings is 2. The van der Waals surface area contributed by atoms with Crippen LogP contribution in [-0.2, 0) is 0 Å². The molecule has 0 bridgehead atoms. The van der Waals surface area contributed by atoms with Gasteiger partial charge in [0, 0.05) is 4.47 Å². The molecular formula is C16H13Br. The molecule has 84 valence electrons. The van der Waals surface area contributed by atoms with E-state index in [4.69, 9.17) is 0 Å². The van der Waals surface area contributed by atoms with Crippen LogP contribution in [0.2, 0.25) is 0 Å². The van der Waals surface area contributed by atoms with Gasteiger partial charge in [-0.3, -0.25) is 0 Å². The van der Waals surface area contributed by atoms with Crippen molar-refractivity contribution in [3.63, 3.8) is 0 Å². The third-order valence-corrected chi connectivity index (χ3v) is 3.80. The fourth-order valence-corrected chi connectivity index (χ4v) is 2.84. The van der Waals surface area contributed by atoms with Crippen molar-refractivity contribution < 1.29 is 0 Å². The Morgan fingerprint density at radius 1 is 0.941 bits per heavy atom. The molecule has 3 rings (SSSR count). The lowest BCUT2D eigenvalue weighted by atomic mass is 9.97. The second kappa shape index (κ2) is 4.50. The summed E-state index contributed by atoms with van der Waals surface area (Å²) in [4.78, 5) is 0. The van der Waals surface area contributed by atoms with Gasteiger partial charge in [-0.05, 0) is 46.9 Å². The molecule has 0 spiro atoms. The maximum Gasteiger partial charge on any atom is 0.0259 e. The van der Waals surface area contributed by atoms with Crippen molar-refractivity contribution in [2.45, 2.75) is 12.8 Å². The first-order valence-corrected chi connectivity index (χ1v) is 6.69. The fourth-order valence-electron chi connectivity index (χ4n) is 2.25. The molecule has 0 nitrogen and oxygen atoms in total. The van der Waals surface area contributed by atoms with Crippen molar-refractivity contribution in [2.24, 2.45) is 0 Å². The summed E-state index contributed by atoms with van der Waals surface area (Å²) >= 11 is 3.68. The molecule has 0 unspecified atom stereocenters. The average molecular weight is 285 g/mol. The molecule has 17 heavy (non-hydrogen) atoms. The van der Waals surface area contributed by atoms with Crippen molar-refractivity contribution in [2.75, 3.05) is 0 Å². The van der Waals surface area contributed by atoms with Gasteiger partial charge in [-0.2, -0.15) is 0 Å². The van der Waals surface area contributed by atoms with E-state index in [0.29, 0.717) is 0 Å². The van der Waals surface area contributed by atoms with Crippen molar-refractivity contribution in [1.82, 2.24) is 0 Å². The van der Waals surface area contributed by atoms with Crippen LogP contribution >= 0.6 is 15.9 Å². The van der Waals surface area contributed by atoms with Crippen LogP contribution in [0.25, 0.3) is 16.3 Å². The lowest BCUT2D eigenvalue weighted by Crippen LogP contribution is -1.88. The Hall–Kier alpha value is -1.34. The minimum absolute atomic E-state index is 1.14. The molecule has 1 aliphatic rings. The van der Waals surface area contributed by atoms with Crippen molar-refractivity contribution >= 4 is 32.3 Å². The van der Waals surface area contributed by atoms with E-state index in [-0.39, 0.29) is 0 Å². The van der Waals surface area contributed by atoms with Gasteiger partial charge in [-0.1, -0.05) is 58.4 Å². The van der Waals surface area contributed by atoms with Gasteiger partial charge in [-0.25, -0.2) is 0 Å². The third kappa shape index (κ3) is 2.07. The van der Waals surface area contributed by atoms with Crippen LogP contribution < -0.4 is 0 Å². The molecule has 0 fully saturated rings. The molecular weight excluding hydrogens is 272 g/mol. The molecule has 0 saturated heterocycles. The molecule has 0 aromatic heterocycles. The fraction of sp³-hybridized carbons (Fsp3) is 0.125. The topological polar surface area (TPSA) is 0 Å². The van der Waals surface area contributed by atoms with Crippen LogP contribution in [0.4, 0.5) is 0 Å². The van der Waals surface area contributed by atoms with E-state index in [1.54, 1.807) is 0 Å². The highest BCUT2D eigenvalue weighted by molar-refractivity contribution is 9.10. The predicted molar refractivity (Wildman–Crippen MR) is 78.0 cm³/mol. The summed E-state index contributed by atoms with van der Waals surface area (Å²) in [6, 6.07) is 12.9. The third-order valence-electron chi connectivity index (χ3n) is 3.14. The van der Waals surface area contributed by atoms with Crippen LogP contribution in [0.1, 0.15) is 18.4 Å². The summed E-state index contributed by atoms with van der Waals surface area (Å²) in [5.74, 6) is 0. The number of hydrogen-bond donors (Lipinski definition) is 0. The Labute approximate surface area is 110 Å². The molecule has 1 aliphatic carbocycles. The number of fused-ring (bicyclic) bond motifs is 1. The van der Waals surface area contributed by atoms with Crippen LogP contribution in [0.5, 0.6) is 0 Å². The van der Waals surface area contributed by atoms with Crippen LogP contribution in [0.3, 0.4) is 0 Å². The lowest BCUT2D eigenvalue weighted by molar-refractivity contribution is 1.04. The van der Waals surface area contributed by atoms with Gasteiger partial charge in [-0.15, -0.1) is 0 Å². The van der Waals surface area contributed by atoms with Gasteiger partial charge in [0.15, 0.2) is 0 Å². The van der Waals surface area contributed by atoms with E-state index in [1.807, 2.05) is 0 Å². The maximum atomic E-state index is 3.68. The van der Waals surface area contributed by atoms with Gasteiger partial charge in [0.1, 0.15) is 0 Å². The van der Waals surface area contributed by atoms with Gasteiger partial charge >= 0.3 is 0 Å². The highest BCUT2D eigenvalue weighted by Crippen LogP contribution is 2.31. The van der Waals surface area contributed by atoms with Crippen molar-refractivity contribution in [3.8, 4) is 0 Å². The predicted octanol–water partition coefficient (Wildman–Crippen LogP) is 5.34. The van der Waals surface area contributed by atoms with Crippen LogP contribution in [0.15, 0.2) is 59.1 Å². The molecule has 0 heterocycles. The average Bonchev–Trinajstić information content (AvgIpc) is 2.39. The Morgan fingerprint density at radius 2 is 1.71 bits per heavy atom. The molecule has 0 saturated carbocycles. The molecule has 0 amide bonds. The second-order valence-electron chi connectivity index (χ2n) is 4.32. The first kappa shape index (κ1) is 10.8. The van der Waals surface area contributed by atoms with E-state index in [2.05, 4.69) is 70.6 Å². The maximum absolute atomic E-state index is 3.68. The highest BCUT2D eigenvalue weighted by atomic mass is 79.9. The first-order valence-electron chi connectivity index (χ1n) is 5.90. The first-order chi connectivity index (χ1) is 8.34. The standard InChI is InChI=1S/C16H13Br/c17-16-11-14-9-5-4-8-13(14)10-15(16)12-6-2-1-3-7-12/h2,4-11H,1,3H2. The summed E-state index contributed by atoms with van der Waals surface area (Å²) in [6.45, 7) is 0. The molecule has 0 atom stereocenters. The lowest BCUT2D eigenvalue weighted by Gasteiger charge is -2.11. The minimum Gasteiger partial charge on any atom is -0.0836 e. The minimum atomic E-state index is 1.14. The van der Waals surface area contributed by atoms with Gasteiger partial charge < -0.3 is 0 Å². The zero-order valence-electron chi connectivity index (χ0n) is 9.49. The Balaban J connectivity index is 2.19. The zero-order chi connectivity index (χ0) is 11.7. The monoisotopic (exact) mass is 284 g/mol. The second-order valence-corrected chi connectivity index (χ2v) is 5.17. The molecule has 0 aliphatic heterocycles. The summed E-state index contributed by atoms with van der Waals surface area (Å²) in [7, 11) is 0. The number of halogens is 1. The Bertz CT molecular complexity index is 620. The number of allylic oxidation sites excluding steroid dienone is 4. The summed E-state index contributed by atoms with van der Waals surface area (Å²) < 4.78 is 1.18. The highest BCUT2D eigenvalue weighted by Gasteiger charge is 2.07. The zero-order valence-corrected chi connectivity index (χ0v) is 11.1. The molecule has 1 heteroatoms. The molecule has 0 radical (unpaired) electrons. The molecule has 0 N–H and O–H groups in total. The van der Waals surface area contributed by atoms with E-state index in [0.717, 1.165) is 12.8 Å². The largest absolute Gasteiger partial charge is 0.0836 e. The van der Waals surface area contributed by atoms with Crippen LogP contribution in [0, 0.1) is 0 Å². The van der Waals surface area contributed by atoms with Gasteiger partial charge in [0.2, 0.25) is 0 Å². The van der Waals surface area contributed by atoms with E-state index in [1.165, 1.54) is 26.4 Å². The van der Waals surface area contributed by atoms with Gasteiger partial charge in [0.25, 0.3) is 0 Å². The van der Waals surface area contributed by atoms with Crippen molar-refractivity contribution in [1.29, 1.82) is 0 Å². The van der Waals surface area contributed by atoms with E-state index < -0.39 is 0 Å². The number of rotatable bonds is 1. The molecule has 2 aromatic carbocycles.